The number of aryl methyl sites for hydroxylation is 1. The molecule has 98 valence electrons. The van der Waals surface area contributed by atoms with Gasteiger partial charge in [-0.05, 0) is 31.3 Å². The van der Waals surface area contributed by atoms with E-state index < -0.39 is 10.0 Å². The van der Waals surface area contributed by atoms with Crippen LogP contribution in [0.4, 0.5) is 0 Å². The van der Waals surface area contributed by atoms with Crippen LogP contribution in [0, 0.1) is 11.8 Å². The molecule has 0 radical (unpaired) electrons. The highest BCUT2D eigenvalue weighted by Crippen LogP contribution is 2.09. The van der Waals surface area contributed by atoms with Crippen LogP contribution < -0.4 is 4.72 Å². The molecule has 0 aliphatic rings. The summed E-state index contributed by atoms with van der Waals surface area (Å²) in [7, 11) is -0.188. The van der Waals surface area contributed by atoms with Crippen LogP contribution in [0.2, 0.25) is 0 Å². The number of hydrogen-bond acceptors (Lipinski definition) is 3. The fraction of sp³-hybridized carbons (Fsp3) is 0.154. The molecule has 0 amide bonds. The second kappa shape index (κ2) is 5.26. The standard InChI is InChI=1S/C13H13N3O2S/c1-14-19(17,18)13-7-5-11(6-8-13)3-4-12-9-15-16(2)10-12/h5-10,14H,1-2H3. The van der Waals surface area contributed by atoms with Gasteiger partial charge in [0, 0.05) is 18.8 Å². The van der Waals surface area contributed by atoms with E-state index >= 15 is 0 Å². The van der Waals surface area contributed by atoms with Crippen LogP contribution >= 0.6 is 0 Å². The zero-order valence-corrected chi connectivity index (χ0v) is 11.4. The van der Waals surface area contributed by atoms with Crippen LogP contribution in [0.1, 0.15) is 11.1 Å². The number of aromatic nitrogens is 2. The molecule has 0 unspecified atom stereocenters. The minimum atomic E-state index is -3.39. The van der Waals surface area contributed by atoms with Crippen molar-refractivity contribution in [2.24, 2.45) is 7.05 Å². The molecule has 19 heavy (non-hydrogen) atoms. The van der Waals surface area contributed by atoms with Gasteiger partial charge in [-0.3, -0.25) is 4.68 Å². The molecule has 2 aromatic rings. The zero-order valence-electron chi connectivity index (χ0n) is 10.6. The zero-order chi connectivity index (χ0) is 13.9. The first-order valence-electron chi connectivity index (χ1n) is 5.55. The van der Waals surface area contributed by atoms with E-state index in [1.165, 1.54) is 19.2 Å². The van der Waals surface area contributed by atoms with Crippen LogP contribution in [-0.2, 0) is 17.1 Å². The molecule has 0 aliphatic heterocycles. The third-order valence-corrected chi connectivity index (χ3v) is 3.92. The Balaban J connectivity index is 2.23. The Kier molecular flexibility index (Phi) is 3.69. The van der Waals surface area contributed by atoms with Crippen molar-refractivity contribution >= 4 is 10.0 Å². The van der Waals surface area contributed by atoms with E-state index in [9.17, 15) is 8.42 Å². The minimum Gasteiger partial charge on any atom is -0.275 e. The van der Waals surface area contributed by atoms with Crippen molar-refractivity contribution in [3.8, 4) is 11.8 Å². The molecule has 1 heterocycles. The van der Waals surface area contributed by atoms with Gasteiger partial charge < -0.3 is 0 Å². The van der Waals surface area contributed by atoms with Crippen LogP contribution in [0.5, 0.6) is 0 Å². The molecular formula is C13H13N3O2S. The first-order chi connectivity index (χ1) is 9.01. The maximum Gasteiger partial charge on any atom is 0.240 e. The Bertz CT molecular complexity index is 734. The number of rotatable bonds is 2. The fourth-order valence-electron chi connectivity index (χ4n) is 1.47. The molecule has 0 saturated heterocycles. The summed E-state index contributed by atoms with van der Waals surface area (Å²) < 4.78 is 27.0. The van der Waals surface area contributed by atoms with Crippen LogP contribution in [0.15, 0.2) is 41.6 Å². The smallest absolute Gasteiger partial charge is 0.240 e. The Hall–Kier alpha value is -2.10. The molecular weight excluding hydrogens is 262 g/mol. The van der Waals surface area contributed by atoms with Gasteiger partial charge in [0.1, 0.15) is 0 Å². The minimum absolute atomic E-state index is 0.224. The molecule has 2 rings (SSSR count). The second-order valence-corrected chi connectivity index (χ2v) is 5.77. The summed E-state index contributed by atoms with van der Waals surface area (Å²) in [6.45, 7) is 0. The van der Waals surface area contributed by atoms with Gasteiger partial charge in [0.15, 0.2) is 0 Å². The first-order valence-corrected chi connectivity index (χ1v) is 7.04. The predicted octanol–water partition coefficient (Wildman–Crippen LogP) is 0.728. The summed E-state index contributed by atoms with van der Waals surface area (Å²) in [6, 6.07) is 6.40. The molecule has 1 N–H and O–H groups in total. The Morgan fingerprint density at radius 2 is 1.79 bits per heavy atom. The summed E-state index contributed by atoms with van der Waals surface area (Å²) in [5.41, 5.74) is 1.56. The van der Waals surface area contributed by atoms with Gasteiger partial charge in [-0.15, -0.1) is 0 Å². The fourth-order valence-corrected chi connectivity index (χ4v) is 2.20. The molecule has 0 spiro atoms. The molecule has 0 fully saturated rings. The van der Waals surface area contributed by atoms with Crippen molar-refractivity contribution in [3.63, 3.8) is 0 Å². The molecule has 0 atom stereocenters. The normalized spacial score (nSPS) is 10.8. The summed E-state index contributed by atoms with van der Waals surface area (Å²) in [5, 5.41) is 4.01. The summed E-state index contributed by atoms with van der Waals surface area (Å²) in [5.74, 6) is 5.91. The average Bonchev–Trinajstić information content (AvgIpc) is 2.83. The largest absolute Gasteiger partial charge is 0.275 e. The van der Waals surface area contributed by atoms with E-state index in [0.29, 0.717) is 0 Å². The van der Waals surface area contributed by atoms with Crippen molar-refractivity contribution in [2.75, 3.05) is 7.05 Å². The number of sulfonamides is 1. The highest BCUT2D eigenvalue weighted by molar-refractivity contribution is 7.89. The van der Waals surface area contributed by atoms with E-state index in [2.05, 4.69) is 21.7 Å². The highest BCUT2D eigenvalue weighted by Gasteiger charge is 2.09. The SMILES string of the molecule is CNS(=O)(=O)c1ccc(C#Cc2cnn(C)c2)cc1. The Morgan fingerprint density at radius 1 is 1.16 bits per heavy atom. The molecule has 6 heteroatoms. The van der Waals surface area contributed by atoms with Gasteiger partial charge in [0.05, 0.1) is 16.7 Å². The summed E-state index contributed by atoms with van der Waals surface area (Å²) >= 11 is 0. The third kappa shape index (κ3) is 3.22. The quantitative estimate of drug-likeness (QED) is 0.822. The van der Waals surface area contributed by atoms with E-state index in [-0.39, 0.29) is 4.90 Å². The Labute approximate surface area is 112 Å². The number of hydrogen-bond donors (Lipinski definition) is 1. The first kappa shape index (κ1) is 13.3. The lowest BCUT2D eigenvalue weighted by Crippen LogP contribution is -2.18. The topological polar surface area (TPSA) is 64.0 Å². The maximum atomic E-state index is 11.5. The van der Waals surface area contributed by atoms with Crippen LogP contribution in [0.25, 0.3) is 0 Å². The maximum absolute atomic E-state index is 11.5. The van der Waals surface area contributed by atoms with Gasteiger partial charge in [-0.25, -0.2) is 13.1 Å². The van der Waals surface area contributed by atoms with Crippen molar-refractivity contribution < 1.29 is 8.42 Å². The van der Waals surface area contributed by atoms with Crippen molar-refractivity contribution in [1.82, 2.24) is 14.5 Å². The monoisotopic (exact) mass is 275 g/mol. The van der Waals surface area contributed by atoms with E-state index in [0.717, 1.165) is 11.1 Å². The summed E-state index contributed by atoms with van der Waals surface area (Å²) in [4.78, 5) is 0.224. The lowest BCUT2D eigenvalue weighted by atomic mass is 10.2. The summed E-state index contributed by atoms with van der Waals surface area (Å²) in [6.07, 6.45) is 3.49. The average molecular weight is 275 g/mol. The molecule has 1 aromatic carbocycles. The number of benzene rings is 1. The predicted molar refractivity (Wildman–Crippen MR) is 71.9 cm³/mol. The lowest BCUT2D eigenvalue weighted by Gasteiger charge is -2.01. The molecule has 5 nitrogen and oxygen atoms in total. The van der Waals surface area contributed by atoms with Crippen LogP contribution in [-0.4, -0.2) is 25.2 Å². The van der Waals surface area contributed by atoms with E-state index in [4.69, 9.17) is 0 Å². The molecule has 0 saturated carbocycles. The molecule has 0 bridgehead atoms. The van der Waals surface area contributed by atoms with Gasteiger partial charge in [-0.2, -0.15) is 5.10 Å². The van der Waals surface area contributed by atoms with Gasteiger partial charge in [0.2, 0.25) is 10.0 Å². The highest BCUT2D eigenvalue weighted by atomic mass is 32.2. The second-order valence-electron chi connectivity index (χ2n) is 3.88. The van der Waals surface area contributed by atoms with E-state index in [1.54, 1.807) is 23.0 Å². The van der Waals surface area contributed by atoms with Gasteiger partial charge in [-0.1, -0.05) is 11.8 Å². The van der Waals surface area contributed by atoms with Crippen molar-refractivity contribution in [3.05, 3.63) is 47.8 Å². The van der Waals surface area contributed by atoms with Crippen molar-refractivity contribution in [2.45, 2.75) is 4.90 Å². The number of nitrogens with zero attached hydrogens (tertiary/aromatic N) is 2. The third-order valence-electron chi connectivity index (χ3n) is 2.49. The molecule has 1 aromatic heterocycles. The molecule has 0 aliphatic carbocycles. The number of nitrogens with one attached hydrogen (secondary N) is 1. The lowest BCUT2D eigenvalue weighted by molar-refractivity contribution is 0.588. The van der Waals surface area contributed by atoms with Crippen molar-refractivity contribution in [1.29, 1.82) is 0 Å². The Morgan fingerprint density at radius 3 is 2.32 bits per heavy atom. The van der Waals surface area contributed by atoms with Crippen LogP contribution in [0.3, 0.4) is 0 Å². The van der Waals surface area contributed by atoms with E-state index in [1.807, 2.05) is 13.2 Å². The van der Waals surface area contributed by atoms with Gasteiger partial charge >= 0.3 is 0 Å². The van der Waals surface area contributed by atoms with Gasteiger partial charge in [0.25, 0.3) is 0 Å².